The maximum absolute atomic E-state index is 12.2. The fraction of sp³-hybridized carbons (Fsp3) is 0.111. The number of hydrogen-bond acceptors (Lipinski definition) is 6. The van der Waals surface area contributed by atoms with Crippen LogP contribution in [-0.2, 0) is 4.79 Å². The molecule has 0 fully saturated rings. The van der Waals surface area contributed by atoms with Crippen molar-refractivity contribution < 1.29 is 9.21 Å². The fourth-order valence-corrected chi connectivity index (χ4v) is 4.36. The summed E-state index contributed by atoms with van der Waals surface area (Å²) in [5.41, 5.74) is 7.88. The summed E-state index contributed by atoms with van der Waals surface area (Å²) in [7, 11) is 3.71. The van der Waals surface area contributed by atoms with Gasteiger partial charge in [-0.1, -0.05) is 6.07 Å². The number of carbonyl (C=O) groups is 1. The summed E-state index contributed by atoms with van der Waals surface area (Å²) >= 11 is 0. The zero-order valence-electron chi connectivity index (χ0n) is 19.7. The maximum atomic E-state index is 12.2. The number of benzene rings is 1. The highest BCUT2D eigenvalue weighted by molar-refractivity contribution is 6.01. The predicted octanol–water partition coefficient (Wildman–Crippen LogP) is 4.93. The van der Waals surface area contributed by atoms with Gasteiger partial charge in [-0.2, -0.15) is 5.10 Å². The fourth-order valence-electron chi connectivity index (χ4n) is 4.36. The summed E-state index contributed by atoms with van der Waals surface area (Å²) in [5.74, 6) is -0.0883. The Kier molecular flexibility index (Phi) is 5.31. The van der Waals surface area contributed by atoms with Gasteiger partial charge in [0.15, 0.2) is 0 Å². The van der Waals surface area contributed by atoms with Gasteiger partial charge in [0, 0.05) is 39.8 Å². The van der Waals surface area contributed by atoms with E-state index >= 15 is 0 Å². The second-order valence-electron chi connectivity index (χ2n) is 8.90. The molecule has 1 amide bonds. The molecule has 6 aromatic rings. The lowest BCUT2D eigenvalue weighted by molar-refractivity contribution is -0.116. The number of aromatic amines is 2. The van der Waals surface area contributed by atoms with Crippen molar-refractivity contribution in [1.29, 1.82) is 0 Å². The van der Waals surface area contributed by atoms with E-state index in [9.17, 15) is 4.79 Å². The van der Waals surface area contributed by atoms with Crippen molar-refractivity contribution in [3.63, 3.8) is 0 Å². The number of amides is 1. The van der Waals surface area contributed by atoms with Crippen molar-refractivity contribution in [3.05, 3.63) is 73.6 Å². The van der Waals surface area contributed by atoms with E-state index in [0.29, 0.717) is 12.2 Å². The van der Waals surface area contributed by atoms with E-state index in [-0.39, 0.29) is 5.91 Å². The first kappa shape index (κ1) is 21.8. The van der Waals surface area contributed by atoms with Gasteiger partial charge in [0.25, 0.3) is 0 Å². The van der Waals surface area contributed by atoms with E-state index in [0.717, 1.165) is 55.6 Å². The van der Waals surface area contributed by atoms with Crippen LogP contribution in [0.15, 0.2) is 78.0 Å². The summed E-state index contributed by atoms with van der Waals surface area (Å²) in [4.78, 5) is 26.4. The monoisotopic (exact) mass is 477 g/mol. The minimum absolute atomic E-state index is 0.0883. The Hall–Kier alpha value is -4.76. The Labute approximate surface area is 206 Å². The van der Waals surface area contributed by atoms with Gasteiger partial charge < -0.3 is 19.6 Å². The van der Waals surface area contributed by atoms with Gasteiger partial charge in [-0.3, -0.25) is 19.9 Å². The second-order valence-corrected chi connectivity index (χ2v) is 8.90. The van der Waals surface area contributed by atoms with Gasteiger partial charge in [-0.05, 0) is 56.1 Å². The Balaban J connectivity index is 1.38. The molecule has 0 saturated carbocycles. The zero-order chi connectivity index (χ0) is 24.6. The Morgan fingerprint density at radius 2 is 1.86 bits per heavy atom. The number of nitrogens with zero attached hydrogens (tertiary/aromatic N) is 4. The molecule has 9 nitrogen and oxygen atoms in total. The van der Waals surface area contributed by atoms with Crippen LogP contribution in [0.1, 0.15) is 0 Å². The summed E-state index contributed by atoms with van der Waals surface area (Å²) in [6.07, 6.45) is 8.55. The summed E-state index contributed by atoms with van der Waals surface area (Å²) < 4.78 is 5.26. The van der Waals surface area contributed by atoms with Crippen molar-refractivity contribution in [3.8, 4) is 33.8 Å². The Bertz CT molecular complexity index is 1700. The summed E-state index contributed by atoms with van der Waals surface area (Å²) in [6, 6.07) is 13.9. The average Bonchev–Trinajstić information content (AvgIpc) is 3.62. The summed E-state index contributed by atoms with van der Waals surface area (Å²) in [5, 5.41) is 12.6. The van der Waals surface area contributed by atoms with Crippen molar-refractivity contribution >= 4 is 33.4 Å². The molecule has 0 atom stereocenters. The lowest BCUT2D eigenvalue weighted by Crippen LogP contribution is -2.27. The highest BCUT2D eigenvalue weighted by atomic mass is 16.3. The average molecular weight is 478 g/mol. The number of H-pyrrole nitrogens is 2. The van der Waals surface area contributed by atoms with Crippen LogP contribution in [0.3, 0.4) is 0 Å². The molecule has 178 valence electrons. The molecule has 0 saturated heterocycles. The molecule has 1 aromatic carbocycles. The Morgan fingerprint density at radius 3 is 2.69 bits per heavy atom. The normalized spacial score (nSPS) is 11.5. The predicted molar refractivity (Wildman–Crippen MR) is 139 cm³/mol. The summed E-state index contributed by atoms with van der Waals surface area (Å²) in [6.45, 7) is 0.302. The number of rotatable bonds is 6. The molecule has 36 heavy (non-hydrogen) atoms. The lowest BCUT2D eigenvalue weighted by Gasteiger charge is -2.11. The number of pyridine rings is 2. The molecule has 0 aliphatic rings. The van der Waals surface area contributed by atoms with E-state index in [4.69, 9.17) is 4.42 Å². The van der Waals surface area contributed by atoms with Crippen molar-refractivity contribution in [1.82, 2.24) is 30.0 Å². The van der Waals surface area contributed by atoms with Gasteiger partial charge in [-0.25, -0.2) is 0 Å². The van der Waals surface area contributed by atoms with E-state index in [1.807, 2.05) is 49.3 Å². The number of anilines is 1. The maximum Gasteiger partial charge on any atom is 0.238 e. The number of aromatic nitrogens is 5. The van der Waals surface area contributed by atoms with Crippen LogP contribution in [0.4, 0.5) is 5.69 Å². The number of furan rings is 1. The van der Waals surface area contributed by atoms with Crippen LogP contribution in [0, 0.1) is 0 Å². The van der Waals surface area contributed by atoms with Crippen LogP contribution in [0.2, 0.25) is 0 Å². The largest absolute Gasteiger partial charge is 0.472 e. The third kappa shape index (κ3) is 4.01. The van der Waals surface area contributed by atoms with Crippen LogP contribution in [0.5, 0.6) is 0 Å². The molecule has 3 N–H and O–H groups in total. The molecule has 9 heteroatoms. The van der Waals surface area contributed by atoms with Gasteiger partial charge in [0.05, 0.1) is 47.9 Å². The number of hydrogen-bond donors (Lipinski definition) is 3. The smallest absolute Gasteiger partial charge is 0.238 e. The molecule has 0 aliphatic carbocycles. The van der Waals surface area contributed by atoms with E-state index in [1.54, 1.807) is 31.1 Å². The van der Waals surface area contributed by atoms with Crippen LogP contribution in [0.25, 0.3) is 55.6 Å². The number of carbonyl (C=O) groups excluding carboxylic acids is 1. The third-order valence-corrected chi connectivity index (χ3v) is 5.98. The van der Waals surface area contributed by atoms with Gasteiger partial charge in [0.2, 0.25) is 5.91 Å². The molecule has 0 aliphatic heterocycles. The molecule has 6 rings (SSSR count). The van der Waals surface area contributed by atoms with E-state index in [2.05, 4.69) is 42.6 Å². The number of nitrogens with one attached hydrogen (secondary N) is 3. The SMILES string of the molecule is CN(C)CC(=O)Nc1cncc(-c2ccc3[nH]nc(-c4cc5c(-c6ccoc6)nccc5[nH]4)c3c2)c1. The quantitative estimate of drug-likeness (QED) is 0.313. The lowest BCUT2D eigenvalue weighted by atomic mass is 10.0. The third-order valence-electron chi connectivity index (χ3n) is 5.98. The second kappa shape index (κ2) is 8.79. The first-order valence-electron chi connectivity index (χ1n) is 11.4. The van der Waals surface area contributed by atoms with Crippen LogP contribution in [-0.4, -0.2) is 56.6 Å². The van der Waals surface area contributed by atoms with Crippen molar-refractivity contribution in [2.45, 2.75) is 0 Å². The van der Waals surface area contributed by atoms with Crippen LogP contribution < -0.4 is 5.32 Å². The number of likely N-dealkylation sites (N-methyl/N-ethyl adjacent to an activating group) is 1. The topological polar surface area (TPSA) is 116 Å². The molecule has 0 radical (unpaired) electrons. The van der Waals surface area contributed by atoms with Gasteiger partial charge in [0.1, 0.15) is 5.69 Å². The first-order chi connectivity index (χ1) is 17.5. The minimum atomic E-state index is -0.0883. The molecule has 0 bridgehead atoms. The van der Waals surface area contributed by atoms with Crippen molar-refractivity contribution in [2.75, 3.05) is 26.0 Å². The first-order valence-corrected chi connectivity index (χ1v) is 11.4. The molecule has 0 unspecified atom stereocenters. The standard InChI is InChI=1S/C27H23N7O2/c1-34(2)14-25(35)30-19-9-18(12-28-13-19)16-3-4-23-20(10-16)27(33-32-23)24-11-21-22(31-24)5-7-29-26(21)17-6-8-36-15-17/h3-13,15,31H,14H2,1-2H3,(H,30,35)(H,32,33). The van der Waals surface area contributed by atoms with E-state index < -0.39 is 0 Å². The zero-order valence-corrected chi connectivity index (χ0v) is 19.7. The molecule has 5 aromatic heterocycles. The van der Waals surface area contributed by atoms with Gasteiger partial charge >= 0.3 is 0 Å². The highest BCUT2D eigenvalue weighted by Gasteiger charge is 2.15. The minimum Gasteiger partial charge on any atom is -0.472 e. The highest BCUT2D eigenvalue weighted by Crippen LogP contribution is 2.34. The molecule has 5 heterocycles. The molecule has 0 spiro atoms. The molecular weight excluding hydrogens is 454 g/mol. The van der Waals surface area contributed by atoms with Gasteiger partial charge in [-0.15, -0.1) is 0 Å². The van der Waals surface area contributed by atoms with Crippen molar-refractivity contribution in [2.24, 2.45) is 0 Å². The number of fused-ring (bicyclic) bond motifs is 2. The Morgan fingerprint density at radius 1 is 0.972 bits per heavy atom. The van der Waals surface area contributed by atoms with Crippen LogP contribution >= 0.6 is 0 Å². The molecular formula is C27H23N7O2. The van der Waals surface area contributed by atoms with E-state index in [1.165, 1.54) is 0 Å².